The van der Waals surface area contributed by atoms with Crippen molar-refractivity contribution in [3.63, 3.8) is 0 Å². The normalized spacial score (nSPS) is 11.3. The summed E-state index contributed by atoms with van der Waals surface area (Å²) in [6.07, 6.45) is 0.203. The van der Waals surface area contributed by atoms with Crippen molar-refractivity contribution in [2.24, 2.45) is 0 Å². The predicted octanol–water partition coefficient (Wildman–Crippen LogP) is 4.10. The van der Waals surface area contributed by atoms with E-state index in [1.165, 1.54) is 0 Å². The molecule has 0 fully saturated rings. The topological polar surface area (TPSA) is 34.2 Å². The van der Waals surface area contributed by atoms with Crippen LogP contribution in [0.5, 0.6) is 5.75 Å². The predicted molar refractivity (Wildman–Crippen MR) is 85.3 cm³/mol. The van der Waals surface area contributed by atoms with Gasteiger partial charge in [0.1, 0.15) is 10.8 Å². The number of nitrogens with one attached hydrogen (secondary N) is 1. The van der Waals surface area contributed by atoms with Gasteiger partial charge in [-0.15, -0.1) is 11.3 Å². The minimum atomic E-state index is 0.203. The van der Waals surface area contributed by atoms with Crippen molar-refractivity contribution in [1.82, 2.24) is 10.3 Å². The molecule has 0 aliphatic heterocycles. The molecule has 2 aromatic rings. The second-order valence-corrected chi connectivity index (χ2v) is 6.30. The maximum atomic E-state index is 5.65. The molecule has 1 heterocycles. The monoisotopic (exact) mass is 290 g/mol. The largest absolute Gasteiger partial charge is 0.491 e. The number of aromatic nitrogens is 1. The van der Waals surface area contributed by atoms with Gasteiger partial charge < -0.3 is 10.1 Å². The van der Waals surface area contributed by atoms with Gasteiger partial charge in [-0.25, -0.2) is 4.98 Å². The molecule has 0 unspecified atom stereocenters. The summed E-state index contributed by atoms with van der Waals surface area (Å²) < 4.78 is 5.65. The maximum absolute atomic E-state index is 5.65. The molecule has 3 nitrogen and oxygen atoms in total. The van der Waals surface area contributed by atoms with Crippen molar-refractivity contribution in [3.8, 4) is 17.0 Å². The average molecular weight is 290 g/mol. The molecular formula is C16H22N2OS. The van der Waals surface area contributed by atoms with Crippen LogP contribution < -0.4 is 10.1 Å². The third-order valence-corrected chi connectivity index (χ3v) is 3.58. The first-order chi connectivity index (χ1) is 9.54. The summed E-state index contributed by atoms with van der Waals surface area (Å²) in [7, 11) is 0. The van der Waals surface area contributed by atoms with Crippen LogP contribution in [0.15, 0.2) is 29.6 Å². The molecule has 0 radical (unpaired) electrons. The number of rotatable bonds is 6. The molecule has 0 spiro atoms. The minimum Gasteiger partial charge on any atom is -0.491 e. The summed E-state index contributed by atoms with van der Waals surface area (Å²) >= 11 is 1.70. The molecule has 2 rings (SSSR count). The van der Waals surface area contributed by atoms with E-state index in [0.29, 0.717) is 6.04 Å². The van der Waals surface area contributed by atoms with Crippen molar-refractivity contribution in [3.05, 3.63) is 34.7 Å². The lowest BCUT2D eigenvalue weighted by molar-refractivity contribution is 0.242. The highest BCUT2D eigenvalue weighted by molar-refractivity contribution is 7.09. The fourth-order valence-electron chi connectivity index (χ4n) is 1.79. The summed E-state index contributed by atoms with van der Waals surface area (Å²) in [5.74, 6) is 0.903. The van der Waals surface area contributed by atoms with Crippen LogP contribution in [0.3, 0.4) is 0 Å². The van der Waals surface area contributed by atoms with Crippen LogP contribution in [-0.4, -0.2) is 17.1 Å². The SMILES string of the molecule is CC(C)NCc1nc(-c2ccc(OC(C)C)cc2)cs1. The first-order valence-electron chi connectivity index (χ1n) is 6.99. The minimum absolute atomic E-state index is 0.203. The molecule has 1 aromatic carbocycles. The number of hydrogen-bond donors (Lipinski definition) is 1. The Labute approximate surface area is 125 Å². The van der Waals surface area contributed by atoms with Crippen LogP contribution in [0.4, 0.5) is 0 Å². The zero-order valence-electron chi connectivity index (χ0n) is 12.5. The molecule has 0 bridgehead atoms. The Bertz CT molecular complexity index is 532. The van der Waals surface area contributed by atoms with E-state index in [9.17, 15) is 0 Å². The summed E-state index contributed by atoms with van der Waals surface area (Å²) in [5.41, 5.74) is 2.17. The molecule has 0 amide bonds. The van der Waals surface area contributed by atoms with Gasteiger partial charge in [0.2, 0.25) is 0 Å². The number of ether oxygens (including phenoxy) is 1. The van der Waals surface area contributed by atoms with Crippen LogP contribution in [0.25, 0.3) is 11.3 Å². The van der Waals surface area contributed by atoms with E-state index in [4.69, 9.17) is 4.74 Å². The van der Waals surface area contributed by atoms with E-state index in [2.05, 4.69) is 41.7 Å². The zero-order chi connectivity index (χ0) is 14.5. The summed E-state index contributed by atoms with van der Waals surface area (Å²) in [5, 5.41) is 6.61. The molecule has 0 atom stereocenters. The molecule has 0 aliphatic carbocycles. The molecule has 0 saturated carbocycles. The fraction of sp³-hybridized carbons (Fsp3) is 0.438. The number of thiazole rings is 1. The number of nitrogens with zero attached hydrogens (tertiary/aromatic N) is 1. The molecule has 4 heteroatoms. The van der Waals surface area contributed by atoms with Crippen molar-refractivity contribution in [1.29, 1.82) is 0 Å². The van der Waals surface area contributed by atoms with Gasteiger partial charge in [-0.2, -0.15) is 0 Å². The Hall–Kier alpha value is -1.39. The summed E-state index contributed by atoms with van der Waals surface area (Å²) in [4.78, 5) is 4.66. The summed E-state index contributed by atoms with van der Waals surface area (Å²) in [6, 6.07) is 8.61. The van der Waals surface area contributed by atoms with Crippen LogP contribution in [0, 0.1) is 0 Å². The van der Waals surface area contributed by atoms with Gasteiger partial charge in [-0.3, -0.25) is 0 Å². The van der Waals surface area contributed by atoms with Crippen molar-refractivity contribution in [2.75, 3.05) is 0 Å². The number of benzene rings is 1. The van der Waals surface area contributed by atoms with E-state index in [-0.39, 0.29) is 6.10 Å². The van der Waals surface area contributed by atoms with Crippen molar-refractivity contribution in [2.45, 2.75) is 46.4 Å². The van der Waals surface area contributed by atoms with E-state index in [1.807, 2.05) is 26.0 Å². The third kappa shape index (κ3) is 4.32. The molecule has 1 aromatic heterocycles. The van der Waals surface area contributed by atoms with Crippen LogP contribution in [0.1, 0.15) is 32.7 Å². The van der Waals surface area contributed by atoms with E-state index in [0.717, 1.165) is 28.6 Å². The molecule has 0 saturated heterocycles. The molecular weight excluding hydrogens is 268 g/mol. The van der Waals surface area contributed by atoms with Gasteiger partial charge in [0, 0.05) is 23.5 Å². The van der Waals surface area contributed by atoms with Crippen molar-refractivity contribution < 1.29 is 4.74 Å². The van der Waals surface area contributed by atoms with E-state index in [1.54, 1.807) is 11.3 Å². The second-order valence-electron chi connectivity index (χ2n) is 5.35. The molecule has 1 N–H and O–H groups in total. The average Bonchev–Trinajstić information content (AvgIpc) is 2.85. The van der Waals surface area contributed by atoms with Gasteiger partial charge in [0.15, 0.2) is 0 Å². The Balaban J connectivity index is 2.04. The molecule has 0 aliphatic rings. The smallest absolute Gasteiger partial charge is 0.119 e. The van der Waals surface area contributed by atoms with Gasteiger partial charge in [-0.05, 0) is 38.1 Å². The first-order valence-corrected chi connectivity index (χ1v) is 7.87. The number of hydrogen-bond acceptors (Lipinski definition) is 4. The highest BCUT2D eigenvalue weighted by atomic mass is 32.1. The Morgan fingerprint density at radius 1 is 1.15 bits per heavy atom. The van der Waals surface area contributed by atoms with E-state index < -0.39 is 0 Å². The van der Waals surface area contributed by atoms with Crippen LogP contribution >= 0.6 is 11.3 Å². The lowest BCUT2D eigenvalue weighted by Crippen LogP contribution is -2.21. The van der Waals surface area contributed by atoms with Gasteiger partial charge >= 0.3 is 0 Å². The quantitative estimate of drug-likeness (QED) is 0.870. The lowest BCUT2D eigenvalue weighted by Gasteiger charge is -2.09. The Kier molecular flexibility index (Phi) is 5.15. The van der Waals surface area contributed by atoms with Gasteiger partial charge in [0.25, 0.3) is 0 Å². The second kappa shape index (κ2) is 6.86. The van der Waals surface area contributed by atoms with Crippen LogP contribution in [-0.2, 0) is 6.54 Å². The Morgan fingerprint density at radius 2 is 1.85 bits per heavy atom. The standard InChI is InChI=1S/C16H22N2OS/c1-11(2)17-9-16-18-15(10-20-16)13-5-7-14(8-6-13)19-12(3)4/h5-8,10-12,17H,9H2,1-4H3. The van der Waals surface area contributed by atoms with Gasteiger partial charge in [-0.1, -0.05) is 13.8 Å². The first kappa shape index (κ1) is 15.0. The Morgan fingerprint density at radius 3 is 2.45 bits per heavy atom. The van der Waals surface area contributed by atoms with E-state index >= 15 is 0 Å². The fourth-order valence-corrected chi connectivity index (χ4v) is 2.55. The zero-order valence-corrected chi connectivity index (χ0v) is 13.3. The third-order valence-electron chi connectivity index (χ3n) is 2.74. The van der Waals surface area contributed by atoms with Crippen molar-refractivity contribution >= 4 is 11.3 Å². The summed E-state index contributed by atoms with van der Waals surface area (Å²) in [6.45, 7) is 9.17. The highest BCUT2D eigenvalue weighted by Crippen LogP contribution is 2.24. The molecule has 20 heavy (non-hydrogen) atoms. The molecule has 108 valence electrons. The lowest BCUT2D eigenvalue weighted by atomic mass is 10.2. The van der Waals surface area contributed by atoms with Crippen LogP contribution in [0.2, 0.25) is 0 Å². The highest BCUT2D eigenvalue weighted by Gasteiger charge is 2.06. The maximum Gasteiger partial charge on any atom is 0.119 e. The van der Waals surface area contributed by atoms with Gasteiger partial charge in [0.05, 0.1) is 11.8 Å².